The van der Waals surface area contributed by atoms with Crippen molar-refractivity contribution in [2.45, 2.75) is 19.0 Å². The van der Waals surface area contributed by atoms with E-state index >= 15 is 0 Å². The maximum Gasteiger partial charge on any atom is 0.404 e. The van der Waals surface area contributed by atoms with Gasteiger partial charge < -0.3 is 4.98 Å². The normalized spacial score (nSPS) is 22.1. The second-order valence-electron chi connectivity index (χ2n) is 6.93. The fourth-order valence-electron chi connectivity index (χ4n) is 3.84. The summed E-state index contributed by atoms with van der Waals surface area (Å²) in [5.41, 5.74) is 2.23. The number of hydrogen-bond acceptors (Lipinski definition) is 4. The summed E-state index contributed by atoms with van der Waals surface area (Å²) >= 11 is 0. The van der Waals surface area contributed by atoms with Crippen molar-refractivity contribution >= 4 is 32.0 Å². The van der Waals surface area contributed by atoms with E-state index in [1.807, 2.05) is 19.1 Å². The van der Waals surface area contributed by atoms with Gasteiger partial charge in [-0.1, -0.05) is 6.92 Å². The van der Waals surface area contributed by atoms with E-state index in [1.165, 1.54) is 0 Å². The molecule has 3 aromatic rings. The van der Waals surface area contributed by atoms with Crippen molar-refractivity contribution in [1.29, 1.82) is 0 Å². The first-order valence-corrected chi connectivity index (χ1v) is 10.0. The number of alkyl halides is 3. The molecule has 1 saturated heterocycles. The number of halogens is 3. The van der Waals surface area contributed by atoms with E-state index in [0.717, 1.165) is 20.6 Å². The third-order valence-corrected chi connectivity index (χ3v) is 6.82. The molecule has 0 bridgehead atoms. The summed E-state index contributed by atoms with van der Waals surface area (Å²) in [6, 6.07) is 3.68. The molecule has 1 N–H and O–H groups in total. The third kappa shape index (κ3) is 3.27. The van der Waals surface area contributed by atoms with Crippen molar-refractivity contribution in [2.24, 2.45) is 5.92 Å². The summed E-state index contributed by atoms with van der Waals surface area (Å²) in [6.45, 7) is 1.94. The summed E-state index contributed by atoms with van der Waals surface area (Å²) in [7, 11) is -4.40. The fraction of sp³-hybridized carbons (Fsp3) is 0.412. The molecule has 0 aliphatic carbocycles. The van der Waals surface area contributed by atoms with Gasteiger partial charge in [0.2, 0.25) is 10.0 Å². The smallest absolute Gasteiger partial charge is 0.346 e. The second-order valence-corrected chi connectivity index (χ2v) is 8.90. The largest absolute Gasteiger partial charge is 0.404 e. The molecule has 2 unspecified atom stereocenters. The van der Waals surface area contributed by atoms with Crippen LogP contribution in [0, 0.1) is 5.92 Å². The second kappa shape index (κ2) is 6.16. The molecular weight excluding hydrogens is 381 g/mol. The predicted octanol–water partition coefficient (Wildman–Crippen LogP) is 3.04. The zero-order chi connectivity index (χ0) is 19.4. The average Bonchev–Trinajstić information content (AvgIpc) is 3.18. The van der Waals surface area contributed by atoms with Gasteiger partial charge in [-0.2, -0.15) is 13.2 Å². The molecule has 10 heteroatoms. The average molecular weight is 398 g/mol. The van der Waals surface area contributed by atoms with Crippen LogP contribution in [0.3, 0.4) is 0 Å². The number of sulfonamides is 1. The summed E-state index contributed by atoms with van der Waals surface area (Å²) in [4.78, 5) is 11.7. The Morgan fingerprint density at radius 2 is 2.04 bits per heavy atom. The zero-order valence-electron chi connectivity index (χ0n) is 14.4. The first-order valence-electron chi connectivity index (χ1n) is 8.41. The summed E-state index contributed by atoms with van der Waals surface area (Å²) < 4.78 is 63.3. The van der Waals surface area contributed by atoms with E-state index in [0.29, 0.717) is 11.2 Å². The van der Waals surface area contributed by atoms with Crippen LogP contribution < -0.4 is 0 Å². The first kappa shape index (κ1) is 18.2. The topological polar surface area (TPSA) is 79.0 Å². The molecule has 4 heterocycles. The predicted molar refractivity (Wildman–Crippen MR) is 94.7 cm³/mol. The van der Waals surface area contributed by atoms with Gasteiger partial charge in [-0.15, -0.1) is 0 Å². The lowest BCUT2D eigenvalue weighted by Crippen LogP contribution is -2.36. The maximum absolute atomic E-state index is 12.6. The number of nitrogens with one attached hydrogen (secondary N) is 1. The Balaban J connectivity index is 1.75. The molecular formula is C17H17F3N4O2S. The molecule has 1 aliphatic rings. The van der Waals surface area contributed by atoms with Gasteiger partial charge in [-0.05, 0) is 23.6 Å². The Morgan fingerprint density at radius 3 is 2.78 bits per heavy atom. The van der Waals surface area contributed by atoms with Crippen LogP contribution in [0.15, 0.2) is 30.7 Å². The highest BCUT2D eigenvalue weighted by atomic mass is 32.2. The Bertz CT molecular complexity index is 1110. The Morgan fingerprint density at radius 1 is 1.26 bits per heavy atom. The van der Waals surface area contributed by atoms with Gasteiger partial charge in [0.25, 0.3) is 0 Å². The molecule has 144 valence electrons. The van der Waals surface area contributed by atoms with Crippen molar-refractivity contribution in [1.82, 2.24) is 19.3 Å². The first-order chi connectivity index (χ1) is 12.7. The zero-order valence-corrected chi connectivity index (χ0v) is 15.2. The van der Waals surface area contributed by atoms with Gasteiger partial charge in [0.1, 0.15) is 5.65 Å². The molecule has 27 heavy (non-hydrogen) atoms. The van der Waals surface area contributed by atoms with Crippen molar-refractivity contribution in [2.75, 3.05) is 18.8 Å². The monoisotopic (exact) mass is 398 g/mol. The van der Waals surface area contributed by atoms with Crippen LogP contribution in [0.25, 0.3) is 21.9 Å². The van der Waals surface area contributed by atoms with E-state index in [-0.39, 0.29) is 24.9 Å². The molecule has 0 spiro atoms. The molecule has 3 aromatic heterocycles. The van der Waals surface area contributed by atoms with Crippen molar-refractivity contribution in [3.63, 3.8) is 0 Å². The van der Waals surface area contributed by atoms with Crippen molar-refractivity contribution in [3.8, 4) is 0 Å². The van der Waals surface area contributed by atoms with Crippen LogP contribution in [-0.2, 0) is 10.0 Å². The third-order valence-electron chi connectivity index (χ3n) is 5.04. The van der Waals surface area contributed by atoms with Gasteiger partial charge in [0.15, 0.2) is 5.75 Å². The molecule has 0 amide bonds. The highest BCUT2D eigenvalue weighted by molar-refractivity contribution is 7.89. The number of fused-ring (bicyclic) bond motifs is 3. The van der Waals surface area contributed by atoms with E-state index in [9.17, 15) is 21.6 Å². The number of pyridine rings is 2. The SMILES string of the molecule is CC1CN(S(=O)(=O)CC(F)(F)F)CC1c1ccnc2cnc3[nH]ccc3c12. The number of H-pyrrole nitrogens is 1. The molecule has 0 saturated carbocycles. The lowest BCUT2D eigenvalue weighted by molar-refractivity contribution is -0.107. The lowest BCUT2D eigenvalue weighted by Gasteiger charge is -2.18. The molecule has 1 fully saturated rings. The van der Waals surface area contributed by atoms with Crippen molar-refractivity contribution in [3.05, 3.63) is 36.3 Å². The van der Waals surface area contributed by atoms with E-state index in [2.05, 4.69) is 15.0 Å². The van der Waals surface area contributed by atoms with Crippen LogP contribution in [0.1, 0.15) is 18.4 Å². The fourth-order valence-corrected chi connectivity index (χ4v) is 5.29. The summed E-state index contributed by atoms with van der Waals surface area (Å²) in [5, 5.41) is 1.72. The quantitative estimate of drug-likeness (QED) is 0.736. The highest BCUT2D eigenvalue weighted by Gasteiger charge is 2.43. The number of aromatic nitrogens is 3. The van der Waals surface area contributed by atoms with Crippen LogP contribution in [0.5, 0.6) is 0 Å². The number of aromatic amines is 1. The standard InChI is InChI=1S/C17H17F3N4O2S/c1-10-7-24(27(25,26)9-17(18,19)20)8-13(10)11-2-4-21-14-6-23-16-12(15(11)14)3-5-22-16/h2-6,10,13H,7-9H2,1H3,(H,22,23). The number of hydrogen-bond donors (Lipinski definition) is 1. The number of rotatable bonds is 3. The lowest BCUT2D eigenvalue weighted by atomic mass is 9.88. The Kier molecular flexibility index (Phi) is 4.15. The summed E-state index contributed by atoms with van der Waals surface area (Å²) in [5.74, 6) is -2.18. The van der Waals surface area contributed by atoms with Crippen LogP contribution in [0.2, 0.25) is 0 Å². The maximum atomic E-state index is 12.6. The minimum atomic E-state index is -4.76. The van der Waals surface area contributed by atoms with Gasteiger partial charge in [-0.3, -0.25) is 4.98 Å². The molecule has 1 aliphatic heterocycles. The Hall–Kier alpha value is -2.20. The molecule has 6 nitrogen and oxygen atoms in total. The van der Waals surface area contributed by atoms with Crippen molar-refractivity contribution < 1.29 is 21.6 Å². The number of nitrogens with zero attached hydrogens (tertiary/aromatic N) is 3. The van der Waals surface area contributed by atoms with Crippen LogP contribution in [0.4, 0.5) is 13.2 Å². The molecule has 2 atom stereocenters. The summed E-state index contributed by atoms with van der Waals surface area (Å²) in [6.07, 6.45) is 0.255. The van der Waals surface area contributed by atoms with E-state index in [1.54, 1.807) is 18.6 Å². The van der Waals surface area contributed by atoms with Gasteiger partial charge in [0, 0.05) is 42.2 Å². The minimum absolute atomic E-state index is 0.0208. The van der Waals surface area contributed by atoms with Crippen LogP contribution in [-0.4, -0.2) is 52.7 Å². The van der Waals surface area contributed by atoms with E-state index in [4.69, 9.17) is 0 Å². The minimum Gasteiger partial charge on any atom is -0.346 e. The van der Waals surface area contributed by atoms with E-state index < -0.39 is 22.0 Å². The molecule has 0 aromatic carbocycles. The molecule has 0 radical (unpaired) electrons. The van der Waals surface area contributed by atoms with Gasteiger partial charge in [-0.25, -0.2) is 17.7 Å². The van der Waals surface area contributed by atoms with Gasteiger partial charge in [0.05, 0.1) is 11.7 Å². The molecule has 4 rings (SSSR count). The highest BCUT2D eigenvalue weighted by Crippen LogP contribution is 2.39. The van der Waals surface area contributed by atoms with Crippen LogP contribution >= 0.6 is 0 Å². The van der Waals surface area contributed by atoms with Gasteiger partial charge >= 0.3 is 6.18 Å². The Labute approximate surface area is 153 Å².